The normalized spacial score (nSPS) is 35.2. The van der Waals surface area contributed by atoms with Crippen LogP contribution < -0.4 is 5.32 Å². The molecular weight excluding hydrogens is 138 g/mol. The van der Waals surface area contributed by atoms with Crippen molar-refractivity contribution < 1.29 is 5.11 Å². The Kier molecular flexibility index (Phi) is 3.34. The van der Waals surface area contributed by atoms with Crippen LogP contribution in [0.2, 0.25) is 0 Å². The van der Waals surface area contributed by atoms with Gasteiger partial charge in [-0.2, -0.15) is 0 Å². The van der Waals surface area contributed by atoms with Gasteiger partial charge in [-0.1, -0.05) is 20.3 Å². The van der Waals surface area contributed by atoms with Crippen LogP contribution >= 0.6 is 0 Å². The van der Waals surface area contributed by atoms with E-state index in [0.29, 0.717) is 0 Å². The molecule has 2 heteroatoms. The largest absolute Gasteiger partial charge is 0.379 e. The van der Waals surface area contributed by atoms with Crippen molar-refractivity contribution >= 4 is 0 Å². The van der Waals surface area contributed by atoms with E-state index in [1.807, 2.05) is 0 Å². The molecule has 0 aromatic carbocycles. The lowest BCUT2D eigenvalue weighted by molar-refractivity contribution is 0.0757. The summed E-state index contributed by atoms with van der Waals surface area (Å²) >= 11 is 0. The molecule has 0 saturated carbocycles. The zero-order chi connectivity index (χ0) is 8.27. The molecule has 1 saturated heterocycles. The van der Waals surface area contributed by atoms with Gasteiger partial charge in [-0.25, -0.2) is 0 Å². The summed E-state index contributed by atoms with van der Waals surface area (Å²) in [5, 5.41) is 12.3. The van der Waals surface area contributed by atoms with E-state index in [1.54, 1.807) is 0 Å². The topological polar surface area (TPSA) is 32.3 Å². The second-order valence-electron chi connectivity index (χ2n) is 3.65. The van der Waals surface area contributed by atoms with Crippen LogP contribution in [0.25, 0.3) is 0 Å². The first-order chi connectivity index (χ1) is 5.24. The molecule has 0 aromatic heterocycles. The Morgan fingerprint density at radius 1 is 1.55 bits per heavy atom. The summed E-state index contributed by atoms with van der Waals surface area (Å²) in [7, 11) is 0. The number of piperidine rings is 1. The molecule has 1 heterocycles. The molecule has 0 bridgehead atoms. The van der Waals surface area contributed by atoms with Gasteiger partial charge in [0.25, 0.3) is 0 Å². The van der Waals surface area contributed by atoms with Gasteiger partial charge in [-0.05, 0) is 24.7 Å². The summed E-state index contributed by atoms with van der Waals surface area (Å²) in [5.41, 5.74) is 0. The molecule has 3 unspecified atom stereocenters. The lowest BCUT2D eigenvalue weighted by Gasteiger charge is -2.30. The lowest BCUT2D eigenvalue weighted by Crippen LogP contribution is -2.40. The van der Waals surface area contributed by atoms with Gasteiger partial charge in [-0.15, -0.1) is 0 Å². The fourth-order valence-electron chi connectivity index (χ4n) is 1.68. The van der Waals surface area contributed by atoms with Crippen LogP contribution in [0, 0.1) is 11.8 Å². The van der Waals surface area contributed by atoms with Crippen molar-refractivity contribution in [3.63, 3.8) is 0 Å². The molecule has 1 rings (SSSR count). The molecule has 0 aromatic rings. The van der Waals surface area contributed by atoms with E-state index in [9.17, 15) is 5.11 Å². The van der Waals surface area contributed by atoms with Gasteiger partial charge in [0.2, 0.25) is 0 Å². The average molecular weight is 157 g/mol. The first-order valence-corrected chi connectivity index (χ1v) is 4.65. The number of aliphatic hydroxyl groups is 1. The lowest BCUT2D eigenvalue weighted by atomic mass is 9.85. The van der Waals surface area contributed by atoms with E-state index >= 15 is 0 Å². The smallest absolute Gasteiger partial charge is 0.104 e. The van der Waals surface area contributed by atoms with Crippen LogP contribution in [-0.4, -0.2) is 17.9 Å². The van der Waals surface area contributed by atoms with E-state index in [0.717, 1.165) is 24.8 Å². The predicted molar refractivity (Wildman–Crippen MR) is 46.2 cm³/mol. The van der Waals surface area contributed by atoms with Gasteiger partial charge < -0.3 is 5.11 Å². The van der Waals surface area contributed by atoms with Crippen molar-refractivity contribution in [2.45, 2.75) is 39.3 Å². The molecule has 1 fully saturated rings. The molecule has 11 heavy (non-hydrogen) atoms. The van der Waals surface area contributed by atoms with E-state index in [-0.39, 0.29) is 6.23 Å². The van der Waals surface area contributed by atoms with Crippen LogP contribution in [0.3, 0.4) is 0 Å². The standard InChI is InChI=1S/C9H19NO/c1-3-7(2)8-4-5-9(11)10-6-8/h7-11H,3-6H2,1-2H3. The SMILES string of the molecule is CCC(C)C1CCC(O)NC1. The van der Waals surface area contributed by atoms with Crippen LogP contribution in [0.4, 0.5) is 0 Å². The molecule has 2 nitrogen and oxygen atoms in total. The summed E-state index contributed by atoms with van der Waals surface area (Å²) in [4.78, 5) is 0. The van der Waals surface area contributed by atoms with E-state index in [1.165, 1.54) is 12.8 Å². The van der Waals surface area contributed by atoms with Crippen molar-refractivity contribution in [3.05, 3.63) is 0 Å². The number of hydrogen-bond acceptors (Lipinski definition) is 2. The van der Waals surface area contributed by atoms with Crippen LogP contribution in [0.1, 0.15) is 33.1 Å². The van der Waals surface area contributed by atoms with Crippen molar-refractivity contribution in [2.24, 2.45) is 11.8 Å². The summed E-state index contributed by atoms with van der Waals surface area (Å²) in [6.45, 7) is 5.52. The molecule has 3 atom stereocenters. The highest BCUT2D eigenvalue weighted by molar-refractivity contribution is 4.74. The monoisotopic (exact) mass is 157 g/mol. The maximum absolute atomic E-state index is 9.17. The molecule has 66 valence electrons. The van der Waals surface area contributed by atoms with Gasteiger partial charge in [0.05, 0.1) is 0 Å². The second kappa shape index (κ2) is 4.07. The highest BCUT2D eigenvalue weighted by Gasteiger charge is 2.21. The Balaban J connectivity index is 2.27. The third-order valence-electron chi connectivity index (χ3n) is 2.88. The van der Waals surface area contributed by atoms with Crippen LogP contribution in [0.15, 0.2) is 0 Å². The third kappa shape index (κ3) is 2.46. The molecular formula is C9H19NO. The number of hydrogen-bond donors (Lipinski definition) is 2. The van der Waals surface area contributed by atoms with Gasteiger partial charge in [0, 0.05) is 6.54 Å². The first kappa shape index (κ1) is 9.01. The van der Waals surface area contributed by atoms with E-state index < -0.39 is 0 Å². The Labute approximate surface area is 69.0 Å². The third-order valence-corrected chi connectivity index (χ3v) is 2.88. The predicted octanol–water partition coefficient (Wildman–Crippen LogP) is 1.35. The molecule has 1 aliphatic rings. The van der Waals surface area contributed by atoms with Crippen molar-refractivity contribution in [2.75, 3.05) is 6.54 Å². The quantitative estimate of drug-likeness (QED) is 0.634. The molecule has 0 spiro atoms. The highest BCUT2D eigenvalue weighted by atomic mass is 16.3. The Morgan fingerprint density at radius 3 is 2.73 bits per heavy atom. The minimum Gasteiger partial charge on any atom is -0.379 e. The number of rotatable bonds is 2. The first-order valence-electron chi connectivity index (χ1n) is 4.65. The maximum Gasteiger partial charge on any atom is 0.104 e. The fraction of sp³-hybridized carbons (Fsp3) is 1.00. The van der Waals surface area contributed by atoms with E-state index in [2.05, 4.69) is 19.2 Å². The number of aliphatic hydroxyl groups excluding tert-OH is 1. The summed E-state index contributed by atoms with van der Waals surface area (Å²) in [6.07, 6.45) is 3.12. The Morgan fingerprint density at radius 2 is 2.27 bits per heavy atom. The minimum atomic E-state index is -0.240. The summed E-state index contributed by atoms with van der Waals surface area (Å²) in [6, 6.07) is 0. The summed E-state index contributed by atoms with van der Waals surface area (Å²) < 4.78 is 0. The molecule has 1 aliphatic heterocycles. The second-order valence-corrected chi connectivity index (χ2v) is 3.65. The van der Waals surface area contributed by atoms with Gasteiger partial charge in [-0.3, -0.25) is 5.32 Å². The molecule has 0 radical (unpaired) electrons. The highest BCUT2D eigenvalue weighted by Crippen LogP contribution is 2.23. The van der Waals surface area contributed by atoms with Gasteiger partial charge in [0.1, 0.15) is 6.23 Å². The van der Waals surface area contributed by atoms with Crippen LogP contribution in [-0.2, 0) is 0 Å². The van der Waals surface area contributed by atoms with Crippen LogP contribution in [0.5, 0.6) is 0 Å². The minimum absolute atomic E-state index is 0.240. The maximum atomic E-state index is 9.17. The average Bonchev–Trinajstić information content (AvgIpc) is 2.05. The fourth-order valence-corrected chi connectivity index (χ4v) is 1.68. The molecule has 0 amide bonds. The Hall–Kier alpha value is -0.0800. The van der Waals surface area contributed by atoms with Crippen molar-refractivity contribution in [3.8, 4) is 0 Å². The molecule has 2 N–H and O–H groups in total. The summed E-state index contributed by atoms with van der Waals surface area (Å²) in [5.74, 6) is 1.58. The van der Waals surface area contributed by atoms with Gasteiger partial charge >= 0.3 is 0 Å². The zero-order valence-electron chi connectivity index (χ0n) is 7.51. The molecule has 0 aliphatic carbocycles. The van der Waals surface area contributed by atoms with E-state index in [4.69, 9.17) is 0 Å². The van der Waals surface area contributed by atoms with Crippen molar-refractivity contribution in [1.29, 1.82) is 0 Å². The van der Waals surface area contributed by atoms with Crippen molar-refractivity contribution in [1.82, 2.24) is 5.32 Å². The number of nitrogens with one attached hydrogen (secondary N) is 1. The Bertz CT molecular complexity index is 108. The van der Waals surface area contributed by atoms with Gasteiger partial charge in [0.15, 0.2) is 0 Å². The zero-order valence-corrected chi connectivity index (χ0v) is 7.51.